The lowest BCUT2D eigenvalue weighted by Crippen LogP contribution is -2.51. The fourth-order valence-electron chi connectivity index (χ4n) is 3.64. The minimum atomic E-state index is -3.54. The molecule has 0 N–H and O–H groups in total. The lowest BCUT2D eigenvalue weighted by molar-refractivity contribution is -0.163. The van der Waals surface area contributed by atoms with Gasteiger partial charge < -0.3 is 14.4 Å². The second-order valence-corrected chi connectivity index (χ2v) is 9.58. The molecule has 150 valence electrons. The van der Waals surface area contributed by atoms with Crippen LogP contribution in [0.25, 0.3) is 0 Å². The van der Waals surface area contributed by atoms with Gasteiger partial charge >= 0.3 is 5.97 Å². The predicted octanol–water partition coefficient (Wildman–Crippen LogP) is 1.09. The van der Waals surface area contributed by atoms with Crippen molar-refractivity contribution in [3.8, 4) is 0 Å². The Bertz CT molecular complexity index is 640. The Labute approximate surface area is 155 Å². The van der Waals surface area contributed by atoms with E-state index in [0.717, 1.165) is 6.26 Å². The number of nitrogens with zero attached hydrogens (tertiary/aromatic N) is 1. The Morgan fingerprint density at radius 1 is 1.19 bits per heavy atom. The van der Waals surface area contributed by atoms with E-state index in [0.29, 0.717) is 32.2 Å². The van der Waals surface area contributed by atoms with Crippen LogP contribution < -0.4 is 0 Å². The molecule has 1 amide bonds. The van der Waals surface area contributed by atoms with Crippen LogP contribution in [-0.4, -0.2) is 69.0 Å². The number of amides is 1. The molecule has 1 saturated heterocycles. The molecule has 0 bridgehead atoms. The van der Waals surface area contributed by atoms with E-state index in [1.165, 1.54) is 7.11 Å². The molecule has 1 aliphatic heterocycles. The molecule has 2 aliphatic rings. The number of hydrogen-bond donors (Lipinski definition) is 0. The van der Waals surface area contributed by atoms with E-state index >= 15 is 0 Å². The summed E-state index contributed by atoms with van der Waals surface area (Å²) >= 11 is 0. The molecule has 2 fully saturated rings. The monoisotopic (exact) mass is 391 g/mol. The molecule has 8 nitrogen and oxygen atoms in total. The van der Waals surface area contributed by atoms with Crippen LogP contribution in [0, 0.1) is 5.92 Å². The fourth-order valence-corrected chi connectivity index (χ4v) is 4.31. The summed E-state index contributed by atoms with van der Waals surface area (Å²) in [4.78, 5) is 26.7. The van der Waals surface area contributed by atoms with Gasteiger partial charge in [-0.3, -0.25) is 13.8 Å². The minimum absolute atomic E-state index is 0.195. The third-order valence-corrected chi connectivity index (χ3v) is 5.28. The van der Waals surface area contributed by atoms with Gasteiger partial charge in [-0.1, -0.05) is 0 Å². The van der Waals surface area contributed by atoms with E-state index in [2.05, 4.69) is 0 Å². The number of likely N-dealkylation sites (tertiary alicyclic amines) is 1. The van der Waals surface area contributed by atoms with Crippen LogP contribution in [0.4, 0.5) is 0 Å². The van der Waals surface area contributed by atoms with E-state index < -0.39 is 33.7 Å². The van der Waals surface area contributed by atoms with Crippen LogP contribution >= 0.6 is 0 Å². The molecule has 1 saturated carbocycles. The van der Waals surface area contributed by atoms with Gasteiger partial charge in [-0.2, -0.15) is 8.42 Å². The SMILES string of the molecule is CO[C@H]1C[C@H](OS(C)(=O)=O)CC[C@H]1N1CC[C@H](C(=O)OC(C)(C)C)C1=O. The number of ether oxygens (including phenoxy) is 2. The lowest BCUT2D eigenvalue weighted by atomic mass is 9.89. The molecule has 0 radical (unpaired) electrons. The number of carbonyl (C=O) groups is 2. The first-order valence-corrected chi connectivity index (χ1v) is 10.7. The molecule has 0 aromatic rings. The highest BCUT2D eigenvalue weighted by Gasteiger charge is 2.46. The summed E-state index contributed by atoms with van der Waals surface area (Å²) in [7, 11) is -2.00. The van der Waals surface area contributed by atoms with Crippen LogP contribution in [0.1, 0.15) is 46.5 Å². The topological polar surface area (TPSA) is 99.2 Å². The van der Waals surface area contributed by atoms with E-state index in [1.54, 1.807) is 25.7 Å². The van der Waals surface area contributed by atoms with Crippen molar-refractivity contribution in [2.24, 2.45) is 5.92 Å². The van der Waals surface area contributed by atoms with Crippen LogP contribution in [0.3, 0.4) is 0 Å². The first kappa shape index (κ1) is 21.1. The minimum Gasteiger partial charge on any atom is -0.459 e. The van der Waals surface area contributed by atoms with Gasteiger partial charge in [-0.05, 0) is 40.0 Å². The molecule has 1 heterocycles. The van der Waals surface area contributed by atoms with E-state index in [9.17, 15) is 18.0 Å². The summed E-state index contributed by atoms with van der Waals surface area (Å²) in [6, 6.07) is -0.195. The average molecular weight is 391 g/mol. The molecule has 0 aromatic carbocycles. The van der Waals surface area contributed by atoms with Crippen LogP contribution in [0.2, 0.25) is 0 Å². The highest BCUT2D eigenvalue weighted by atomic mass is 32.2. The summed E-state index contributed by atoms with van der Waals surface area (Å²) in [5.74, 6) is -1.52. The second-order valence-electron chi connectivity index (χ2n) is 7.98. The van der Waals surface area contributed by atoms with Gasteiger partial charge in [0.1, 0.15) is 11.5 Å². The highest BCUT2D eigenvalue weighted by molar-refractivity contribution is 7.86. The zero-order chi connectivity index (χ0) is 19.7. The van der Waals surface area contributed by atoms with Gasteiger partial charge in [0.15, 0.2) is 0 Å². The third kappa shape index (κ3) is 5.40. The Balaban J connectivity index is 2.02. The number of carbonyl (C=O) groups excluding carboxylic acids is 2. The first-order chi connectivity index (χ1) is 11.9. The second kappa shape index (κ2) is 7.82. The number of rotatable bonds is 5. The van der Waals surface area contributed by atoms with Crippen LogP contribution in [0.5, 0.6) is 0 Å². The van der Waals surface area contributed by atoms with Crippen LogP contribution in [0.15, 0.2) is 0 Å². The van der Waals surface area contributed by atoms with E-state index in [1.807, 2.05) is 0 Å². The van der Waals surface area contributed by atoms with Gasteiger partial charge in [-0.15, -0.1) is 0 Å². The maximum atomic E-state index is 12.7. The van der Waals surface area contributed by atoms with E-state index in [-0.39, 0.29) is 18.1 Å². The molecule has 0 spiro atoms. The van der Waals surface area contributed by atoms with Gasteiger partial charge in [0.2, 0.25) is 5.91 Å². The summed E-state index contributed by atoms with van der Waals surface area (Å²) < 4.78 is 38.6. The zero-order valence-corrected chi connectivity index (χ0v) is 16.9. The third-order valence-electron chi connectivity index (χ3n) is 4.65. The van der Waals surface area contributed by atoms with Crippen molar-refractivity contribution < 1.29 is 31.7 Å². The van der Waals surface area contributed by atoms with Crippen molar-refractivity contribution in [3.05, 3.63) is 0 Å². The van der Waals surface area contributed by atoms with Crippen molar-refractivity contribution in [2.45, 2.75) is 70.3 Å². The lowest BCUT2D eigenvalue weighted by Gasteiger charge is -2.39. The summed E-state index contributed by atoms with van der Waals surface area (Å²) in [5.41, 5.74) is -0.638. The summed E-state index contributed by atoms with van der Waals surface area (Å²) in [6.07, 6.45) is 2.11. The summed E-state index contributed by atoms with van der Waals surface area (Å²) in [5, 5.41) is 0. The molecular formula is C17H29NO7S. The van der Waals surface area contributed by atoms with Gasteiger partial charge in [0.05, 0.1) is 24.5 Å². The zero-order valence-electron chi connectivity index (χ0n) is 16.1. The van der Waals surface area contributed by atoms with Crippen molar-refractivity contribution >= 4 is 22.0 Å². The quantitative estimate of drug-likeness (QED) is 0.393. The van der Waals surface area contributed by atoms with Crippen molar-refractivity contribution in [1.82, 2.24) is 4.90 Å². The highest BCUT2D eigenvalue weighted by Crippen LogP contribution is 2.33. The first-order valence-electron chi connectivity index (χ1n) is 8.85. The maximum absolute atomic E-state index is 12.7. The van der Waals surface area contributed by atoms with Crippen LogP contribution in [-0.2, 0) is 33.4 Å². The van der Waals surface area contributed by atoms with Gasteiger partial charge in [0.25, 0.3) is 10.1 Å². The molecule has 1 aliphatic carbocycles. The molecule has 9 heteroatoms. The smallest absolute Gasteiger partial charge is 0.319 e. The van der Waals surface area contributed by atoms with Gasteiger partial charge in [-0.25, -0.2) is 0 Å². The maximum Gasteiger partial charge on any atom is 0.319 e. The Morgan fingerprint density at radius 3 is 2.38 bits per heavy atom. The molecule has 26 heavy (non-hydrogen) atoms. The Morgan fingerprint density at radius 2 is 1.85 bits per heavy atom. The van der Waals surface area contributed by atoms with E-state index in [4.69, 9.17) is 13.7 Å². The van der Waals surface area contributed by atoms with Crippen molar-refractivity contribution in [3.63, 3.8) is 0 Å². The van der Waals surface area contributed by atoms with Crippen molar-refractivity contribution in [1.29, 1.82) is 0 Å². The average Bonchev–Trinajstić information content (AvgIpc) is 2.85. The normalized spacial score (nSPS) is 30.5. The Hall–Kier alpha value is -1.19. The molecular weight excluding hydrogens is 362 g/mol. The van der Waals surface area contributed by atoms with Gasteiger partial charge in [0, 0.05) is 20.1 Å². The molecule has 0 aromatic heterocycles. The number of methoxy groups -OCH3 is 1. The number of esters is 1. The molecule has 4 atom stereocenters. The molecule has 0 unspecified atom stereocenters. The standard InChI is InChI=1S/C17H29NO7S/c1-17(2,3)24-16(20)12-8-9-18(15(12)19)13-7-6-11(10-14(13)23-4)25-26(5,21)22/h11-14H,6-10H2,1-5H3/t11-,12+,13-,14+/m1/s1. The van der Waals surface area contributed by atoms with Crippen molar-refractivity contribution in [2.75, 3.05) is 19.9 Å². The fraction of sp³-hybridized carbons (Fsp3) is 0.882. The number of hydrogen-bond acceptors (Lipinski definition) is 7. The largest absolute Gasteiger partial charge is 0.459 e. The Kier molecular flexibility index (Phi) is 6.35. The predicted molar refractivity (Wildman–Crippen MR) is 93.8 cm³/mol. The molecule has 2 rings (SSSR count). The summed E-state index contributed by atoms with van der Waals surface area (Å²) in [6.45, 7) is 5.77.